The zero-order chi connectivity index (χ0) is 18.8. The van der Waals surface area contributed by atoms with Crippen LogP contribution in [0.3, 0.4) is 0 Å². The third kappa shape index (κ3) is 3.89. The van der Waals surface area contributed by atoms with Crippen LogP contribution in [0.4, 0.5) is 5.69 Å². The number of ether oxygens (including phenoxy) is 1. The molecule has 140 valence electrons. The number of aromatic amines is 1. The Morgan fingerprint density at radius 3 is 2.59 bits per heavy atom. The third-order valence-corrected chi connectivity index (χ3v) is 5.29. The normalized spacial score (nSPS) is 15.2. The van der Waals surface area contributed by atoms with Crippen molar-refractivity contribution in [2.45, 2.75) is 20.4 Å². The number of benzene rings is 2. The van der Waals surface area contributed by atoms with Crippen LogP contribution in [0.1, 0.15) is 27.2 Å². The van der Waals surface area contributed by atoms with Gasteiger partial charge in [-0.3, -0.25) is 9.69 Å². The Morgan fingerprint density at radius 1 is 1.11 bits per heavy atom. The van der Waals surface area contributed by atoms with E-state index in [4.69, 9.17) is 4.74 Å². The lowest BCUT2D eigenvalue weighted by atomic mass is 10.1. The first-order valence-electron chi connectivity index (χ1n) is 9.39. The number of carbonyl (C=O) groups excluding carboxylic acids is 1. The SMILES string of the molecule is Cc1[nH]c2ccc(C(=O)Nc3ccc(CN4CCOCC4)cc3)cc2c1C. The quantitative estimate of drug-likeness (QED) is 0.740. The number of amides is 1. The van der Waals surface area contributed by atoms with Crippen LogP contribution in [-0.4, -0.2) is 42.1 Å². The number of hydrogen-bond donors (Lipinski definition) is 2. The van der Waals surface area contributed by atoms with Gasteiger partial charge in [-0.05, 0) is 55.3 Å². The molecule has 2 aromatic carbocycles. The van der Waals surface area contributed by atoms with Gasteiger partial charge in [-0.1, -0.05) is 12.1 Å². The van der Waals surface area contributed by atoms with E-state index in [0.29, 0.717) is 5.56 Å². The maximum absolute atomic E-state index is 12.6. The minimum atomic E-state index is -0.0870. The predicted octanol–water partition coefficient (Wildman–Crippen LogP) is 3.87. The van der Waals surface area contributed by atoms with E-state index < -0.39 is 0 Å². The first kappa shape index (κ1) is 17.8. The molecule has 1 saturated heterocycles. The fourth-order valence-electron chi connectivity index (χ4n) is 3.52. The lowest BCUT2D eigenvalue weighted by Gasteiger charge is -2.26. The number of nitrogens with zero attached hydrogens (tertiary/aromatic N) is 1. The average Bonchev–Trinajstić information content (AvgIpc) is 2.98. The molecule has 3 aromatic rings. The summed E-state index contributed by atoms with van der Waals surface area (Å²) in [4.78, 5) is 18.4. The van der Waals surface area contributed by atoms with Crippen molar-refractivity contribution in [1.29, 1.82) is 0 Å². The molecule has 5 nitrogen and oxygen atoms in total. The van der Waals surface area contributed by atoms with E-state index in [-0.39, 0.29) is 5.91 Å². The molecule has 0 aliphatic carbocycles. The molecule has 0 bridgehead atoms. The van der Waals surface area contributed by atoms with Crippen molar-refractivity contribution in [1.82, 2.24) is 9.88 Å². The molecule has 0 atom stereocenters. The summed E-state index contributed by atoms with van der Waals surface area (Å²) in [6.45, 7) is 8.59. The Hall–Kier alpha value is -2.63. The summed E-state index contributed by atoms with van der Waals surface area (Å²) in [7, 11) is 0. The molecule has 0 radical (unpaired) electrons. The minimum absolute atomic E-state index is 0.0870. The summed E-state index contributed by atoms with van der Waals surface area (Å²) in [6, 6.07) is 13.9. The van der Waals surface area contributed by atoms with Crippen LogP contribution in [0.15, 0.2) is 42.5 Å². The molecular weight excluding hydrogens is 338 g/mol. The molecule has 5 heteroatoms. The number of aryl methyl sites for hydroxylation is 2. The largest absolute Gasteiger partial charge is 0.379 e. The number of morpholine rings is 1. The Bertz CT molecular complexity index is 954. The molecule has 1 aliphatic heterocycles. The number of H-pyrrole nitrogens is 1. The maximum atomic E-state index is 12.6. The summed E-state index contributed by atoms with van der Waals surface area (Å²) in [5.74, 6) is -0.0870. The third-order valence-electron chi connectivity index (χ3n) is 5.29. The van der Waals surface area contributed by atoms with Gasteiger partial charge in [0.2, 0.25) is 0 Å². The number of rotatable bonds is 4. The van der Waals surface area contributed by atoms with Gasteiger partial charge < -0.3 is 15.0 Å². The van der Waals surface area contributed by atoms with Gasteiger partial charge in [-0.25, -0.2) is 0 Å². The molecule has 1 aromatic heterocycles. The molecular formula is C22H25N3O2. The Labute approximate surface area is 159 Å². The molecule has 0 saturated carbocycles. The van der Waals surface area contributed by atoms with E-state index >= 15 is 0 Å². The van der Waals surface area contributed by atoms with E-state index in [1.807, 2.05) is 37.3 Å². The van der Waals surface area contributed by atoms with Gasteiger partial charge in [0, 0.05) is 47.5 Å². The van der Waals surface area contributed by atoms with E-state index in [1.165, 1.54) is 11.1 Å². The number of hydrogen-bond acceptors (Lipinski definition) is 3. The standard InChI is InChI=1S/C22H25N3O2/c1-15-16(2)23-21-8-5-18(13-20(15)21)22(26)24-19-6-3-17(4-7-19)14-25-9-11-27-12-10-25/h3-8,13,23H,9-12,14H2,1-2H3,(H,24,26). The summed E-state index contributed by atoms with van der Waals surface area (Å²) >= 11 is 0. The van der Waals surface area contributed by atoms with Crippen molar-refractivity contribution in [3.8, 4) is 0 Å². The topological polar surface area (TPSA) is 57.4 Å². The molecule has 27 heavy (non-hydrogen) atoms. The van der Waals surface area contributed by atoms with E-state index in [1.54, 1.807) is 0 Å². The zero-order valence-electron chi connectivity index (χ0n) is 15.8. The van der Waals surface area contributed by atoms with E-state index in [0.717, 1.165) is 55.1 Å². The van der Waals surface area contributed by atoms with Gasteiger partial charge in [0.05, 0.1) is 13.2 Å². The van der Waals surface area contributed by atoms with Gasteiger partial charge in [-0.2, -0.15) is 0 Å². The van der Waals surface area contributed by atoms with E-state index in [9.17, 15) is 4.79 Å². The smallest absolute Gasteiger partial charge is 0.255 e. The molecule has 1 amide bonds. The van der Waals surface area contributed by atoms with Crippen LogP contribution in [0, 0.1) is 13.8 Å². The lowest BCUT2D eigenvalue weighted by Crippen LogP contribution is -2.35. The lowest BCUT2D eigenvalue weighted by molar-refractivity contribution is 0.0342. The number of carbonyl (C=O) groups is 1. The van der Waals surface area contributed by atoms with Crippen molar-refractivity contribution < 1.29 is 9.53 Å². The van der Waals surface area contributed by atoms with Gasteiger partial charge in [0.25, 0.3) is 5.91 Å². The van der Waals surface area contributed by atoms with Crippen molar-refractivity contribution in [2.24, 2.45) is 0 Å². The molecule has 0 spiro atoms. The highest BCUT2D eigenvalue weighted by Gasteiger charge is 2.12. The first-order valence-corrected chi connectivity index (χ1v) is 9.39. The Kier molecular flexibility index (Phi) is 4.97. The average molecular weight is 363 g/mol. The van der Waals surface area contributed by atoms with Gasteiger partial charge in [0.15, 0.2) is 0 Å². The molecule has 1 aliphatic rings. The van der Waals surface area contributed by atoms with Crippen LogP contribution >= 0.6 is 0 Å². The summed E-state index contributed by atoms with van der Waals surface area (Å²) in [5, 5.41) is 4.10. The summed E-state index contributed by atoms with van der Waals surface area (Å²) < 4.78 is 5.39. The highest BCUT2D eigenvalue weighted by Crippen LogP contribution is 2.23. The highest BCUT2D eigenvalue weighted by atomic mass is 16.5. The van der Waals surface area contributed by atoms with Gasteiger partial charge >= 0.3 is 0 Å². The minimum Gasteiger partial charge on any atom is -0.379 e. The second-order valence-corrected chi connectivity index (χ2v) is 7.17. The fraction of sp³-hybridized carbons (Fsp3) is 0.318. The fourth-order valence-corrected chi connectivity index (χ4v) is 3.52. The van der Waals surface area contributed by atoms with Gasteiger partial charge in [0.1, 0.15) is 0 Å². The van der Waals surface area contributed by atoms with Crippen molar-refractivity contribution in [3.05, 3.63) is 64.8 Å². The highest BCUT2D eigenvalue weighted by molar-refractivity contribution is 6.06. The van der Waals surface area contributed by atoms with Crippen molar-refractivity contribution >= 4 is 22.5 Å². The maximum Gasteiger partial charge on any atom is 0.255 e. The summed E-state index contributed by atoms with van der Waals surface area (Å²) in [6.07, 6.45) is 0. The zero-order valence-corrected chi connectivity index (χ0v) is 15.8. The van der Waals surface area contributed by atoms with E-state index in [2.05, 4.69) is 34.3 Å². The van der Waals surface area contributed by atoms with Crippen molar-refractivity contribution in [3.63, 3.8) is 0 Å². The monoisotopic (exact) mass is 363 g/mol. The van der Waals surface area contributed by atoms with Crippen LogP contribution in [0.5, 0.6) is 0 Å². The summed E-state index contributed by atoms with van der Waals surface area (Å²) in [5.41, 5.74) is 6.11. The number of nitrogens with one attached hydrogen (secondary N) is 2. The number of anilines is 1. The molecule has 0 unspecified atom stereocenters. The van der Waals surface area contributed by atoms with Crippen LogP contribution < -0.4 is 5.32 Å². The van der Waals surface area contributed by atoms with Crippen LogP contribution in [0.2, 0.25) is 0 Å². The number of fused-ring (bicyclic) bond motifs is 1. The molecule has 4 rings (SSSR count). The van der Waals surface area contributed by atoms with Crippen LogP contribution in [0.25, 0.3) is 10.9 Å². The second-order valence-electron chi connectivity index (χ2n) is 7.17. The second kappa shape index (κ2) is 7.55. The Morgan fingerprint density at radius 2 is 1.85 bits per heavy atom. The first-order chi connectivity index (χ1) is 13.1. The number of aromatic nitrogens is 1. The molecule has 2 heterocycles. The van der Waals surface area contributed by atoms with Crippen molar-refractivity contribution in [2.75, 3.05) is 31.6 Å². The van der Waals surface area contributed by atoms with Crippen LogP contribution in [-0.2, 0) is 11.3 Å². The Balaban J connectivity index is 1.43. The molecule has 1 fully saturated rings. The predicted molar refractivity (Wildman–Crippen MR) is 108 cm³/mol. The molecule has 2 N–H and O–H groups in total. The van der Waals surface area contributed by atoms with Gasteiger partial charge in [-0.15, -0.1) is 0 Å².